The first kappa shape index (κ1) is 15.3. The zero-order chi connectivity index (χ0) is 14.7. The van der Waals surface area contributed by atoms with Crippen LogP contribution in [0.2, 0.25) is 0 Å². The Bertz CT molecular complexity index is 467. The highest BCUT2D eigenvalue weighted by Gasteiger charge is 2.25. The zero-order valence-electron chi connectivity index (χ0n) is 11.6. The van der Waals surface area contributed by atoms with E-state index in [1.807, 2.05) is 11.9 Å². The molecule has 1 fully saturated rings. The maximum absolute atomic E-state index is 13.9. The monoisotopic (exact) mass is 287 g/mol. The van der Waals surface area contributed by atoms with Gasteiger partial charge in [0.2, 0.25) is 0 Å². The molecule has 1 aliphatic heterocycles. The predicted octanol–water partition coefficient (Wildman–Crippen LogP) is 1.74. The van der Waals surface area contributed by atoms with Gasteiger partial charge in [-0.1, -0.05) is 0 Å². The van der Waals surface area contributed by atoms with Crippen LogP contribution in [0.3, 0.4) is 0 Å². The summed E-state index contributed by atoms with van der Waals surface area (Å²) in [7, 11) is 2.03. The van der Waals surface area contributed by atoms with E-state index in [4.69, 9.17) is 5.73 Å². The number of hydrogen-bond acceptors (Lipinski definition) is 3. The van der Waals surface area contributed by atoms with Crippen molar-refractivity contribution in [2.75, 3.05) is 39.8 Å². The van der Waals surface area contributed by atoms with E-state index in [1.165, 1.54) is 0 Å². The summed E-state index contributed by atoms with van der Waals surface area (Å²) in [6.07, 6.45) is 0.943. The Balaban J connectivity index is 2.25. The van der Waals surface area contributed by atoms with Gasteiger partial charge in [0.1, 0.15) is 5.82 Å². The van der Waals surface area contributed by atoms with Gasteiger partial charge in [-0.3, -0.25) is 4.90 Å². The predicted molar refractivity (Wildman–Crippen MR) is 71.8 cm³/mol. The molecule has 0 aromatic heterocycles. The van der Waals surface area contributed by atoms with E-state index in [0.717, 1.165) is 38.7 Å². The van der Waals surface area contributed by atoms with Gasteiger partial charge < -0.3 is 10.6 Å². The van der Waals surface area contributed by atoms with Crippen LogP contribution >= 0.6 is 0 Å². The van der Waals surface area contributed by atoms with Gasteiger partial charge in [0.25, 0.3) is 0 Å². The van der Waals surface area contributed by atoms with Gasteiger partial charge in [-0.25, -0.2) is 13.2 Å². The molecule has 1 atom stereocenters. The summed E-state index contributed by atoms with van der Waals surface area (Å²) in [5.74, 6) is -2.94. The number of likely N-dealkylation sites (N-methyl/N-ethyl adjacent to an activating group) is 1. The second-order valence-electron chi connectivity index (χ2n) is 5.23. The minimum atomic E-state index is -1.17. The topological polar surface area (TPSA) is 32.5 Å². The summed E-state index contributed by atoms with van der Waals surface area (Å²) >= 11 is 0. The van der Waals surface area contributed by atoms with E-state index in [2.05, 4.69) is 4.90 Å². The lowest BCUT2D eigenvalue weighted by Gasteiger charge is -2.30. The van der Waals surface area contributed by atoms with Crippen molar-refractivity contribution in [1.82, 2.24) is 9.80 Å². The SMILES string of the molecule is CN1CCCN(C(CN)c2cc(F)c(F)cc2F)CC1. The lowest BCUT2D eigenvalue weighted by atomic mass is 10.0. The molecular weight excluding hydrogens is 267 g/mol. The molecule has 0 bridgehead atoms. The molecule has 112 valence electrons. The van der Waals surface area contributed by atoms with E-state index in [0.29, 0.717) is 6.07 Å². The van der Waals surface area contributed by atoms with E-state index in [1.54, 1.807) is 0 Å². The molecule has 0 saturated carbocycles. The van der Waals surface area contributed by atoms with Gasteiger partial charge in [0.15, 0.2) is 11.6 Å². The Morgan fingerprint density at radius 3 is 2.45 bits per heavy atom. The first-order chi connectivity index (χ1) is 9.52. The molecule has 1 unspecified atom stereocenters. The van der Waals surface area contributed by atoms with E-state index >= 15 is 0 Å². The Morgan fingerprint density at radius 1 is 1.05 bits per heavy atom. The number of nitrogens with zero attached hydrogens (tertiary/aromatic N) is 2. The molecule has 0 amide bonds. The van der Waals surface area contributed by atoms with E-state index in [-0.39, 0.29) is 12.1 Å². The van der Waals surface area contributed by atoms with Crippen molar-refractivity contribution in [2.24, 2.45) is 5.73 Å². The molecule has 20 heavy (non-hydrogen) atoms. The molecule has 0 spiro atoms. The van der Waals surface area contributed by atoms with Crippen LogP contribution < -0.4 is 5.73 Å². The Labute approximate surface area is 117 Å². The minimum Gasteiger partial charge on any atom is -0.329 e. The third-order valence-electron chi connectivity index (χ3n) is 3.82. The normalized spacial score (nSPS) is 19.9. The summed E-state index contributed by atoms with van der Waals surface area (Å²) in [6.45, 7) is 3.49. The molecule has 0 aliphatic carbocycles. The highest BCUT2D eigenvalue weighted by atomic mass is 19.2. The number of benzene rings is 1. The molecule has 2 rings (SSSR count). The van der Waals surface area contributed by atoms with Crippen LogP contribution in [-0.2, 0) is 0 Å². The third-order valence-corrected chi connectivity index (χ3v) is 3.82. The van der Waals surface area contributed by atoms with Gasteiger partial charge in [-0.05, 0) is 26.1 Å². The van der Waals surface area contributed by atoms with Crippen LogP contribution in [0.25, 0.3) is 0 Å². The van der Waals surface area contributed by atoms with Crippen molar-refractivity contribution >= 4 is 0 Å². The molecule has 1 saturated heterocycles. The Hall–Kier alpha value is -1.11. The van der Waals surface area contributed by atoms with Crippen LogP contribution in [0.4, 0.5) is 13.2 Å². The average Bonchev–Trinajstić information content (AvgIpc) is 2.62. The van der Waals surface area contributed by atoms with Crippen LogP contribution in [0.15, 0.2) is 12.1 Å². The van der Waals surface area contributed by atoms with Crippen LogP contribution in [-0.4, -0.2) is 49.6 Å². The maximum Gasteiger partial charge on any atom is 0.161 e. The summed E-state index contributed by atoms with van der Waals surface area (Å²) < 4.78 is 40.3. The molecule has 1 heterocycles. The fourth-order valence-electron chi connectivity index (χ4n) is 2.64. The molecule has 1 aromatic rings. The quantitative estimate of drug-likeness (QED) is 0.860. The Kier molecular flexibility index (Phi) is 5.01. The number of rotatable bonds is 3. The standard InChI is InChI=1S/C14H20F3N3/c1-19-3-2-4-20(6-5-19)14(9-18)10-7-12(16)13(17)8-11(10)15/h7-8,14H,2-6,9,18H2,1H3. The fraction of sp³-hybridized carbons (Fsp3) is 0.571. The van der Waals surface area contributed by atoms with E-state index in [9.17, 15) is 13.2 Å². The lowest BCUT2D eigenvalue weighted by molar-refractivity contribution is 0.203. The second-order valence-corrected chi connectivity index (χ2v) is 5.23. The van der Waals surface area contributed by atoms with E-state index < -0.39 is 23.5 Å². The highest BCUT2D eigenvalue weighted by molar-refractivity contribution is 5.24. The van der Waals surface area contributed by atoms with Gasteiger partial charge in [0.05, 0.1) is 6.04 Å². The fourth-order valence-corrected chi connectivity index (χ4v) is 2.64. The third kappa shape index (κ3) is 3.31. The smallest absolute Gasteiger partial charge is 0.161 e. The number of hydrogen-bond donors (Lipinski definition) is 1. The summed E-state index contributed by atoms with van der Waals surface area (Å²) in [5, 5.41) is 0. The van der Waals surface area contributed by atoms with Crippen LogP contribution in [0.1, 0.15) is 18.0 Å². The van der Waals surface area contributed by atoms with Crippen LogP contribution in [0, 0.1) is 17.5 Å². The largest absolute Gasteiger partial charge is 0.329 e. The lowest BCUT2D eigenvalue weighted by Crippen LogP contribution is -2.37. The van der Waals surface area contributed by atoms with Gasteiger partial charge in [0, 0.05) is 37.8 Å². The van der Waals surface area contributed by atoms with Crippen molar-refractivity contribution in [2.45, 2.75) is 12.5 Å². The molecule has 0 radical (unpaired) electrons. The first-order valence-corrected chi connectivity index (χ1v) is 6.80. The van der Waals surface area contributed by atoms with Crippen molar-refractivity contribution in [3.8, 4) is 0 Å². The summed E-state index contributed by atoms with van der Waals surface area (Å²) in [4.78, 5) is 4.23. The molecule has 1 aliphatic rings. The van der Waals surface area contributed by atoms with Gasteiger partial charge >= 0.3 is 0 Å². The minimum absolute atomic E-state index is 0.135. The van der Waals surface area contributed by atoms with Crippen LogP contribution in [0.5, 0.6) is 0 Å². The second kappa shape index (κ2) is 6.56. The molecule has 3 nitrogen and oxygen atoms in total. The molecule has 1 aromatic carbocycles. The number of nitrogens with two attached hydrogens (primary N) is 1. The summed E-state index contributed by atoms with van der Waals surface area (Å²) in [5.41, 5.74) is 5.88. The maximum atomic E-state index is 13.9. The molecular formula is C14H20F3N3. The number of halogens is 3. The van der Waals surface area contributed by atoms with Gasteiger partial charge in [-0.2, -0.15) is 0 Å². The van der Waals surface area contributed by atoms with Crippen molar-refractivity contribution < 1.29 is 13.2 Å². The molecule has 2 N–H and O–H groups in total. The Morgan fingerprint density at radius 2 is 1.75 bits per heavy atom. The zero-order valence-corrected chi connectivity index (χ0v) is 11.6. The van der Waals surface area contributed by atoms with Gasteiger partial charge in [-0.15, -0.1) is 0 Å². The van der Waals surface area contributed by atoms with Crippen molar-refractivity contribution in [3.05, 3.63) is 35.1 Å². The van der Waals surface area contributed by atoms with Crippen molar-refractivity contribution in [3.63, 3.8) is 0 Å². The molecule has 6 heteroatoms. The average molecular weight is 287 g/mol. The highest BCUT2D eigenvalue weighted by Crippen LogP contribution is 2.25. The van der Waals surface area contributed by atoms with Crippen molar-refractivity contribution in [1.29, 1.82) is 0 Å². The summed E-state index contributed by atoms with van der Waals surface area (Å²) in [6, 6.07) is 1.10. The first-order valence-electron chi connectivity index (χ1n) is 6.80.